The lowest BCUT2D eigenvalue weighted by Crippen LogP contribution is -2.12. The summed E-state index contributed by atoms with van der Waals surface area (Å²) in [4.78, 5) is 28.0. The van der Waals surface area contributed by atoms with E-state index in [0.29, 0.717) is 28.6 Å². The number of hydrogen-bond acceptors (Lipinski definition) is 6. The summed E-state index contributed by atoms with van der Waals surface area (Å²) in [6.45, 7) is 4.32. The van der Waals surface area contributed by atoms with E-state index in [-0.39, 0.29) is 17.0 Å². The van der Waals surface area contributed by atoms with E-state index >= 15 is 0 Å². The number of hydrogen-bond donors (Lipinski definition) is 1. The second-order valence-corrected chi connectivity index (χ2v) is 7.73. The highest BCUT2D eigenvalue weighted by atomic mass is 16.6. The van der Waals surface area contributed by atoms with Crippen molar-refractivity contribution in [3.05, 3.63) is 81.9 Å². The fraction of sp³-hybridized carbons (Fsp3) is 0.200. The van der Waals surface area contributed by atoms with Crippen molar-refractivity contribution in [3.63, 3.8) is 0 Å². The first kappa shape index (κ1) is 22.0. The molecule has 0 radical (unpaired) electrons. The smallest absolute Gasteiger partial charge is 0.311 e. The first-order valence-corrected chi connectivity index (χ1v) is 10.5. The van der Waals surface area contributed by atoms with Crippen LogP contribution in [0.3, 0.4) is 0 Å². The van der Waals surface area contributed by atoms with Gasteiger partial charge in [0, 0.05) is 22.9 Å². The van der Waals surface area contributed by atoms with Crippen molar-refractivity contribution in [2.45, 2.75) is 26.2 Å². The van der Waals surface area contributed by atoms with Crippen molar-refractivity contribution in [2.24, 2.45) is 0 Å². The Morgan fingerprint density at radius 1 is 1.18 bits per heavy atom. The number of nitrogens with zero attached hydrogens (tertiary/aromatic N) is 2. The molecule has 1 atom stereocenters. The van der Waals surface area contributed by atoms with Gasteiger partial charge in [-0.05, 0) is 60.4 Å². The van der Waals surface area contributed by atoms with Gasteiger partial charge in [-0.3, -0.25) is 14.9 Å². The molecular formula is C25H23N3O5. The lowest BCUT2D eigenvalue weighted by molar-refractivity contribution is -0.385. The van der Waals surface area contributed by atoms with Gasteiger partial charge in [0.2, 0.25) is 5.89 Å². The first-order chi connectivity index (χ1) is 15.9. The molecule has 8 heteroatoms. The van der Waals surface area contributed by atoms with Crippen LogP contribution in [-0.4, -0.2) is 22.9 Å². The third kappa shape index (κ3) is 4.55. The van der Waals surface area contributed by atoms with Crippen molar-refractivity contribution in [3.8, 4) is 17.2 Å². The summed E-state index contributed by atoms with van der Waals surface area (Å²) in [6, 6.07) is 17.2. The average Bonchev–Trinajstić information content (AvgIpc) is 3.26. The third-order valence-electron chi connectivity index (χ3n) is 5.60. The minimum atomic E-state index is -0.587. The topological polar surface area (TPSA) is 108 Å². The number of rotatable bonds is 7. The van der Waals surface area contributed by atoms with Crippen LogP contribution < -0.4 is 10.1 Å². The lowest BCUT2D eigenvalue weighted by Gasteiger charge is -2.07. The van der Waals surface area contributed by atoms with E-state index in [9.17, 15) is 14.9 Å². The highest BCUT2D eigenvalue weighted by Gasteiger charge is 2.19. The van der Waals surface area contributed by atoms with Crippen LogP contribution in [0.4, 0.5) is 11.4 Å². The van der Waals surface area contributed by atoms with E-state index in [2.05, 4.69) is 30.2 Å². The largest absolute Gasteiger partial charge is 0.490 e. The predicted molar refractivity (Wildman–Crippen MR) is 126 cm³/mol. The zero-order chi connectivity index (χ0) is 23.5. The van der Waals surface area contributed by atoms with Gasteiger partial charge in [0.15, 0.2) is 11.3 Å². The quantitative estimate of drug-likeness (QED) is 0.269. The van der Waals surface area contributed by atoms with Crippen molar-refractivity contribution >= 4 is 28.4 Å². The lowest BCUT2D eigenvalue weighted by atomic mass is 9.98. The molecule has 1 aromatic heterocycles. The van der Waals surface area contributed by atoms with E-state index in [0.717, 1.165) is 11.9 Å². The van der Waals surface area contributed by atoms with Crippen molar-refractivity contribution < 1.29 is 18.9 Å². The Labute approximate surface area is 190 Å². The molecule has 8 nitrogen and oxygen atoms in total. The molecule has 0 fully saturated rings. The first-order valence-electron chi connectivity index (χ1n) is 10.5. The number of aromatic nitrogens is 1. The van der Waals surface area contributed by atoms with Gasteiger partial charge in [0.25, 0.3) is 5.91 Å². The monoisotopic (exact) mass is 445 g/mol. The highest BCUT2D eigenvalue weighted by molar-refractivity contribution is 6.05. The van der Waals surface area contributed by atoms with Gasteiger partial charge < -0.3 is 14.5 Å². The van der Waals surface area contributed by atoms with E-state index < -0.39 is 10.8 Å². The van der Waals surface area contributed by atoms with Crippen LogP contribution in [0.15, 0.2) is 65.1 Å². The van der Waals surface area contributed by atoms with Crippen LogP contribution >= 0.6 is 0 Å². The van der Waals surface area contributed by atoms with Crippen LogP contribution in [-0.2, 0) is 0 Å². The van der Waals surface area contributed by atoms with Gasteiger partial charge in [-0.2, -0.15) is 0 Å². The van der Waals surface area contributed by atoms with E-state index in [4.69, 9.17) is 9.15 Å². The summed E-state index contributed by atoms with van der Waals surface area (Å²) < 4.78 is 10.9. The molecule has 1 amide bonds. The fourth-order valence-corrected chi connectivity index (χ4v) is 3.52. The Balaban J connectivity index is 1.59. The molecular weight excluding hydrogens is 422 g/mol. The summed E-state index contributed by atoms with van der Waals surface area (Å²) >= 11 is 0. The third-order valence-corrected chi connectivity index (χ3v) is 5.60. The minimum absolute atomic E-state index is 0.0889. The zero-order valence-electron chi connectivity index (χ0n) is 18.5. The molecule has 0 spiro atoms. The maximum absolute atomic E-state index is 12.7. The number of oxazole rings is 1. The Bertz CT molecular complexity index is 1350. The van der Waals surface area contributed by atoms with Gasteiger partial charge in [-0.25, -0.2) is 4.98 Å². The summed E-state index contributed by atoms with van der Waals surface area (Å²) in [7, 11) is 1.34. The number of nitro groups is 1. The highest BCUT2D eigenvalue weighted by Crippen LogP contribution is 2.30. The molecule has 1 N–H and O–H groups in total. The molecule has 4 aromatic rings. The Morgan fingerprint density at radius 2 is 2.00 bits per heavy atom. The Kier molecular flexibility index (Phi) is 6.08. The van der Waals surface area contributed by atoms with Gasteiger partial charge in [0.1, 0.15) is 5.52 Å². The predicted octanol–water partition coefficient (Wildman–Crippen LogP) is 6.18. The number of ether oxygens (including phenoxy) is 1. The molecule has 0 aliphatic rings. The molecule has 0 saturated heterocycles. The van der Waals surface area contributed by atoms with Crippen LogP contribution in [0, 0.1) is 10.1 Å². The second-order valence-electron chi connectivity index (χ2n) is 7.73. The molecule has 1 unspecified atom stereocenters. The number of amides is 1. The molecule has 3 aromatic carbocycles. The van der Waals surface area contributed by atoms with Crippen LogP contribution in [0.2, 0.25) is 0 Å². The number of nitrogens with one attached hydrogen (secondary N) is 1. The summed E-state index contributed by atoms with van der Waals surface area (Å²) in [6.07, 6.45) is 1.04. The van der Waals surface area contributed by atoms with Crippen molar-refractivity contribution in [2.75, 3.05) is 12.4 Å². The maximum Gasteiger partial charge on any atom is 0.311 e. The van der Waals surface area contributed by atoms with E-state index in [1.807, 2.05) is 18.2 Å². The summed E-state index contributed by atoms with van der Waals surface area (Å²) in [5.74, 6) is 0.490. The Hall–Kier alpha value is -4.20. The average molecular weight is 445 g/mol. The molecule has 33 heavy (non-hydrogen) atoms. The van der Waals surface area contributed by atoms with E-state index in [1.165, 1.54) is 30.9 Å². The standard InChI is InChI=1S/C25H23N3O5/c1-4-15(2)16-8-10-22-20(13-16)27-25(33-22)18-6-5-7-19(12-18)26-24(29)17-9-11-23(32-3)21(14-17)28(30)31/h5-15H,4H2,1-3H3,(H,26,29). The van der Waals surface area contributed by atoms with Crippen LogP contribution in [0.25, 0.3) is 22.6 Å². The molecule has 0 aliphatic carbocycles. The number of fused-ring (bicyclic) bond motifs is 1. The van der Waals surface area contributed by atoms with Gasteiger partial charge >= 0.3 is 5.69 Å². The SMILES string of the molecule is CCC(C)c1ccc2oc(-c3cccc(NC(=O)c4ccc(OC)c([N+](=O)[O-])c4)c3)nc2c1. The number of nitro benzene ring substituents is 1. The zero-order valence-corrected chi connectivity index (χ0v) is 18.5. The van der Waals surface area contributed by atoms with Crippen LogP contribution in [0.5, 0.6) is 5.75 Å². The minimum Gasteiger partial charge on any atom is -0.490 e. The van der Waals surface area contributed by atoms with Crippen molar-refractivity contribution in [1.82, 2.24) is 4.98 Å². The molecule has 4 rings (SSSR count). The number of benzene rings is 3. The van der Waals surface area contributed by atoms with Crippen LogP contribution in [0.1, 0.15) is 42.1 Å². The summed E-state index contributed by atoms with van der Waals surface area (Å²) in [5, 5.41) is 14.0. The van der Waals surface area contributed by atoms with Crippen molar-refractivity contribution in [1.29, 1.82) is 0 Å². The normalized spacial score (nSPS) is 11.8. The number of anilines is 1. The van der Waals surface area contributed by atoms with Gasteiger partial charge in [0.05, 0.1) is 12.0 Å². The number of carbonyl (C=O) groups excluding carboxylic acids is 1. The van der Waals surface area contributed by atoms with Gasteiger partial charge in [-0.1, -0.05) is 26.0 Å². The molecule has 0 saturated carbocycles. The molecule has 0 aliphatic heterocycles. The maximum atomic E-state index is 12.7. The van der Waals surface area contributed by atoms with Gasteiger partial charge in [-0.15, -0.1) is 0 Å². The number of carbonyl (C=O) groups is 1. The number of methoxy groups -OCH3 is 1. The Morgan fingerprint density at radius 3 is 2.73 bits per heavy atom. The fourth-order valence-electron chi connectivity index (χ4n) is 3.52. The molecule has 1 heterocycles. The van der Waals surface area contributed by atoms with E-state index in [1.54, 1.807) is 18.2 Å². The molecule has 168 valence electrons. The summed E-state index contributed by atoms with van der Waals surface area (Å²) in [5.41, 5.74) is 3.77. The second kappa shape index (κ2) is 9.12. The molecule has 0 bridgehead atoms.